The van der Waals surface area contributed by atoms with Gasteiger partial charge < -0.3 is 10.2 Å². The van der Waals surface area contributed by atoms with Crippen molar-refractivity contribution in [2.75, 3.05) is 22.5 Å². The smallest absolute Gasteiger partial charge is 0.234 e. The summed E-state index contributed by atoms with van der Waals surface area (Å²) in [5.41, 5.74) is 3.79. The van der Waals surface area contributed by atoms with Crippen LogP contribution >= 0.6 is 11.8 Å². The van der Waals surface area contributed by atoms with E-state index in [4.69, 9.17) is 0 Å². The van der Waals surface area contributed by atoms with Crippen molar-refractivity contribution in [1.29, 1.82) is 0 Å². The number of carbonyl (C=O) groups excluding carboxylic acids is 2. The second-order valence-corrected chi connectivity index (χ2v) is 7.84. The van der Waals surface area contributed by atoms with Gasteiger partial charge in [0.2, 0.25) is 11.8 Å². The third-order valence-corrected chi connectivity index (χ3v) is 5.82. The number of aromatic nitrogens is 2. The van der Waals surface area contributed by atoms with Crippen molar-refractivity contribution >= 4 is 35.0 Å². The molecular weight excluding hydrogens is 384 g/mol. The molecule has 0 spiro atoms. The molecule has 2 heterocycles. The molecule has 4 rings (SSSR count). The number of rotatable bonds is 6. The fourth-order valence-corrected chi connectivity index (χ4v) is 4.15. The number of imidazole rings is 1. The van der Waals surface area contributed by atoms with Gasteiger partial charge in [0, 0.05) is 36.7 Å². The van der Waals surface area contributed by atoms with Crippen LogP contribution in [0.25, 0.3) is 5.69 Å². The Morgan fingerprint density at radius 1 is 1.17 bits per heavy atom. The summed E-state index contributed by atoms with van der Waals surface area (Å²) in [6.07, 6.45) is 5.15. The van der Waals surface area contributed by atoms with Crippen molar-refractivity contribution in [2.45, 2.75) is 24.9 Å². The molecule has 6 nitrogen and oxygen atoms in total. The minimum absolute atomic E-state index is 0.0978. The van der Waals surface area contributed by atoms with E-state index in [0.717, 1.165) is 35.1 Å². The van der Waals surface area contributed by atoms with Crippen LogP contribution in [0.3, 0.4) is 0 Å². The van der Waals surface area contributed by atoms with Crippen LogP contribution in [0.15, 0.2) is 66.1 Å². The molecule has 0 atom stereocenters. The Morgan fingerprint density at radius 2 is 1.97 bits per heavy atom. The molecule has 1 aromatic heterocycles. The van der Waals surface area contributed by atoms with Gasteiger partial charge in [-0.1, -0.05) is 30.0 Å². The van der Waals surface area contributed by atoms with Crippen molar-refractivity contribution in [2.24, 2.45) is 0 Å². The Labute approximate surface area is 173 Å². The zero-order valence-corrected chi connectivity index (χ0v) is 17.0. The maximum absolute atomic E-state index is 12.4. The van der Waals surface area contributed by atoms with Gasteiger partial charge >= 0.3 is 0 Å². The first-order valence-corrected chi connectivity index (χ1v) is 10.5. The van der Waals surface area contributed by atoms with Crippen LogP contribution < -0.4 is 10.2 Å². The lowest BCUT2D eigenvalue weighted by Gasteiger charge is -2.16. The van der Waals surface area contributed by atoms with E-state index in [-0.39, 0.29) is 17.6 Å². The van der Waals surface area contributed by atoms with E-state index in [1.807, 2.05) is 53.2 Å². The number of amides is 2. The van der Waals surface area contributed by atoms with Gasteiger partial charge in [-0.25, -0.2) is 4.98 Å². The molecule has 3 aromatic rings. The van der Waals surface area contributed by atoms with E-state index in [1.54, 1.807) is 11.1 Å². The van der Waals surface area contributed by atoms with Crippen molar-refractivity contribution in [3.63, 3.8) is 0 Å². The van der Waals surface area contributed by atoms with Crippen molar-refractivity contribution in [3.05, 3.63) is 66.5 Å². The summed E-state index contributed by atoms with van der Waals surface area (Å²) < 4.78 is 2.00. The zero-order valence-electron chi connectivity index (χ0n) is 16.2. The number of benzene rings is 2. The van der Waals surface area contributed by atoms with Gasteiger partial charge in [-0.15, -0.1) is 0 Å². The fraction of sp³-hybridized carbons (Fsp3) is 0.227. The van der Waals surface area contributed by atoms with E-state index in [9.17, 15) is 9.59 Å². The first kappa shape index (κ1) is 19.3. The predicted octanol–water partition coefficient (Wildman–Crippen LogP) is 4.04. The molecule has 0 radical (unpaired) electrons. The number of hydrogen-bond acceptors (Lipinski definition) is 4. The molecule has 1 aliphatic heterocycles. The number of carbonyl (C=O) groups is 2. The highest BCUT2D eigenvalue weighted by molar-refractivity contribution is 7.99. The van der Waals surface area contributed by atoms with E-state index in [2.05, 4.69) is 23.3 Å². The number of hydrogen-bond donors (Lipinski definition) is 1. The maximum atomic E-state index is 12.4. The summed E-state index contributed by atoms with van der Waals surface area (Å²) in [6, 6.07) is 15.5. The van der Waals surface area contributed by atoms with Crippen molar-refractivity contribution in [3.8, 4) is 5.69 Å². The van der Waals surface area contributed by atoms with Crippen LogP contribution in [-0.2, 0) is 9.59 Å². The fourth-order valence-electron chi connectivity index (χ4n) is 3.39. The van der Waals surface area contributed by atoms with Crippen LogP contribution in [0.2, 0.25) is 0 Å². The third-order valence-electron chi connectivity index (χ3n) is 4.85. The molecule has 1 N–H and O–H groups in total. The van der Waals surface area contributed by atoms with Crippen molar-refractivity contribution in [1.82, 2.24) is 9.55 Å². The highest BCUT2D eigenvalue weighted by Crippen LogP contribution is 2.24. The quantitative estimate of drug-likeness (QED) is 0.628. The average molecular weight is 407 g/mol. The number of aryl methyl sites for hydroxylation is 1. The second-order valence-electron chi connectivity index (χ2n) is 6.90. The topological polar surface area (TPSA) is 67.2 Å². The largest absolute Gasteiger partial charge is 0.325 e. The number of anilines is 2. The van der Waals surface area contributed by atoms with Crippen LogP contribution in [0.4, 0.5) is 11.4 Å². The lowest BCUT2D eigenvalue weighted by Crippen LogP contribution is -2.23. The first-order chi connectivity index (χ1) is 14.1. The highest BCUT2D eigenvalue weighted by atomic mass is 32.2. The standard InChI is InChI=1S/C22H22N4O2S/c1-16-5-2-3-6-19(16)26-14-12-23-22(26)29-15-20(27)24-17-8-10-18(11-9-17)25-13-4-7-21(25)28/h2-3,5-6,8-12,14H,4,7,13,15H2,1H3,(H,24,27). The summed E-state index contributed by atoms with van der Waals surface area (Å²) >= 11 is 1.40. The maximum Gasteiger partial charge on any atom is 0.234 e. The van der Waals surface area contributed by atoms with Crippen molar-refractivity contribution < 1.29 is 9.59 Å². The number of nitrogens with zero attached hydrogens (tertiary/aromatic N) is 3. The summed E-state index contributed by atoms with van der Waals surface area (Å²) in [5.74, 6) is 0.316. The van der Waals surface area contributed by atoms with Crippen LogP contribution in [0, 0.1) is 6.92 Å². The van der Waals surface area contributed by atoms with Gasteiger partial charge in [-0.3, -0.25) is 14.2 Å². The second kappa shape index (κ2) is 8.53. The minimum atomic E-state index is -0.0978. The molecule has 7 heteroatoms. The van der Waals surface area contributed by atoms with Crippen LogP contribution in [-0.4, -0.2) is 33.7 Å². The third kappa shape index (κ3) is 4.35. The molecule has 0 unspecified atom stereocenters. The number of para-hydroxylation sites is 1. The summed E-state index contributed by atoms with van der Waals surface area (Å²) in [4.78, 5) is 30.4. The average Bonchev–Trinajstić information content (AvgIpc) is 3.36. The molecule has 148 valence electrons. The van der Waals surface area contributed by atoms with Gasteiger partial charge in [0.15, 0.2) is 5.16 Å². The molecule has 2 aromatic carbocycles. The Bertz CT molecular complexity index is 1030. The van der Waals surface area contributed by atoms with E-state index in [1.165, 1.54) is 11.8 Å². The molecular formula is C22H22N4O2S. The molecule has 0 saturated carbocycles. The van der Waals surface area contributed by atoms with E-state index >= 15 is 0 Å². The van der Waals surface area contributed by atoms with Gasteiger partial charge in [0.25, 0.3) is 0 Å². The summed E-state index contributed by atoms with van der Waals surface area (Å²) in [6.45, 7) is 2.81. The number of nitrogens with one attached hydrogen (secondary N) is 1. The molecule has 2 amide bonds. The summed E-state index contributed by atoms with van der Waals surface area (Å²) in [7, 11) is 0. The molecule has 1 fully saturated rings. The summed E-state index contributed by atoms with van der Waals surface area (Å²) in [5, 5.41) is 3.68. The van der Waals surface area contributed by atoms with E-state index in [0.29, 0.717) is 12.1 Å². The van der Waals surface area contributed by atoms with Gasteiger partial charge in [-0.05, 0) is 49.2 Å². The molecule has 1 aliphatic rings. The lowest BCUT2D eigenvalue weighted by atomic mass is 10.2. The Hall–Kier alpha value is -3.06. The predicted molar refractivity (Wildman–Crippen MR) is 116 cm³/mol. The Kier molecular flexibility index (Phi) is 5.67. The van der Waals surface area contributed by atoms with Gasteiger partial charge in [0.1, 0.15) is 0 Å². The zero-order chi connectivity index (χ0) is 20.2. The highest BCUT2D eigenvalue weighted by Gasteiger charge is 2.21. The Balaban J connectivity index is 1.36. The van der Waals surface area contributed by atoms with E-state index < -0.39 is 0 Å². The normalized spacial score (nSPS) is 13.7. The van der Waals surface area contributed by atoms with Crippen LogP contribution in [0.1, 0.15) is 18.4 Å². The molecule has 29 heavy (non-hydrogen) atoms. The van der Waals surface area contributed by atoms with Gasteiger partial charge in [0.05, 0.1) is 11.4 Å². The van der Waals surface area contributed by atoms with Gasteiger partial charge in [-0.2, -0.15) is 0 Å². The molecule has 0 aliphatic carbocycles. The number of thioether (sulfide) groups is 1. The van der Waals surface area contributed by atoms with Crippen LogP contribution in [0.5, 0.6) is 0 Å². The SMILES string of the molecule is Cc1ccccc1-n1ccnc1SCC(=O)Nc1ccc(N2CCCC2=O)cc1. The molecule has 1 saturated heterocycles. The molecule has 0 bridgehead atoms. The minimum Gasteiger partial charge on any atom is -0.325 e. The first-order valence-electron chi connectivity index (χ1n) is 9.54. The monoisotopic (exact) mass is 406 g/mol. The lowest BCUT2D eigenvalue weighted by molar-refractivity contribution is -0.117. The Morgan fingerprint density at radius 3 is 2.69 bits per heavy atom.